The number of rotatable bonds is 1. The van der Waals surface area contributed by atoms with Crippen molar-refractivity contribution in [2.24, 2.45) is 0 Å². The molecule has 0 saturated carbocycles. The van der Waals surface area contributed by atoms with Crippen LogP contribution < -0.4 is 5.48 Å². The highest BCUT2D eigenvalue weighted by atomic mass is 16.5. The van der Waals surface area contributed by atoms with Gasteiger partial charge in [0.2, 0.25) is 0 Å². The maximum Gasteiger partial charge on any atom is 0.276 e. The van der Waals surface area contributed by atoms with E-state index < -0.39 is 5.91 Å². The van der Waals surface area contributed by atoms with Gasteiger partial charge in [-0.05, 0) is 18.6 Å². The summed E-state index contributed by atoms with van der Waals surface area (Å²) in [5.74, 6) is -0.536. The molecule has 4 nitrogen and oxygen atoms in total. The number of aryl methyl sites for hydroxylation is 1. The number of carbonyl (C=O) groups excluding carboxylic acids is 1. The van der Waals surface area contributed by atoms with Gasteiger partial charge in [-0.15, -0.1) is 0 Å². The molecule has 1 heterocycles. The highest BCUT2D eigenvalue weighted by Crippen LogP contribution is 2.18. The van der Waals surface area contributed by atoms with Crippen LogP contribution in [0.1, 0.15) is 15.9 Å². The normalized spacial score (nSPS) is 10.3. The molecule has 15 heavy (non-hydrogen) atoms. The molecule has 2 rings (SSSR count). The Morgan fingerprint density at radius 3 is 2.87 bits per heavy atom. The number of hydrogen-bond acceptors (Lipinski definition) is 3. The van der Waals surface area contributed by atoms with Crippen molar-refractivity contribution in [1.82, 2.24) is 10.5 Å². The average molecular weight is 202 g/mol. The summed E-state index contributed by atoms with van der Waals surface area (Å²) >= 11 is 0. The predicted molar refractivity (Wildman–Crippen MR) is 55.7 cm³/mol. The zero-order valence-corrected chi connectivity index (χ0v) is 8.19. The molecule has 4 heteroatoms. The van der Waals surface area contributed by atoms with Crippen LogP contribution in [0.5, 0.6) is 0 Å². The minimum absolute atomic E-state index is 0.385. The van der Waals surface area contributed by atoms with Crippen molar-refractivity contribution >= 4 is 16.8 Å². The predicted octanol–water partition coefficient (Wildman–Crippen LogP) is 1.66. The molecule has 1 aromatic carbocycles. The van der Waals surface area contributed by atoms with Gasteiger partial charge in [0.05, 0.1) is 11.1 Å². The highest BCUT2D eigenvalue weighted by Gasteiger charge is 2.10. The molecule has 0 aliphatic rings. The van der Waals surface area contributed by atoms with E-state index in [1.54, 1.807) is 5.48 Å². The third-order valence-electron chi connectivity index (χ3n) is 2.39. The van der Waals surface area contributed by atoms with Crippen molar-refractivity contribution in [3.8, 4) is 0 Å². The van der Waals surface area contributed by atoms with Crippen molar-refractivity contribution < 1.29 is 10.0 Å². The summed E-state index contributed by atoms with van der Waals surface area (Å²) in [6.45, 7) is 1.83. The van der Waals surface area contributed by atoms with Crippen LogP contribution in [-0.4, -0.2) is 16.1 Å². The number of carbonyl (C=O) groups is 1. The number of benzene rings is 1. The fraction of sp³-hybridized carbons (Fsp3) is 0.0909. The second-order valence-corrected chi connectivity index (χ2v) is 3.25. The van der Waals surface area contributed by atoms with Gasteiger partial charge in [0.25, 0.3) is 5.91 Å². The summed E-state index contributed by atoms with van der Waals surface area (Å²) in [5, 5.41) is 9.47. The van der Waals surface area contributed by atoms with Crippen LogP contribution in [0.25, 0.3) is 10.9 Å². The average Bonchev–Trinajstić information content (AvgIpc) is 2.29. The minimum atomic E-state index is -0.536. The molecule has 0 spiro atoms. The van der Waals surface area contributed by atoms with Crippen LogP contribution in [0.4, 0.5) is 0 Å². The first-order valence-electron chi connectivity index (χ1n) is 4.53. The molecule has 1 amide bonds. The first-order valence-corrected chi connectivity index (χ1v) is 4.53. The van der Waals surface area contributed by atoms with Crippen molar-refractivity contribution in [2.45, 2.75) is 6.92 Å². The van der Waals surface area contributed by atoms with Crippen molar-refractivity contribution in [3.05, 3.63) is 41.6 Å². The summed E-state index contributed by atoms with van der Waals surface area (Å²) < 4.78 is 0. The molecule has 0 bridgehead atoms. The molecule has 0 unspecified atom stereocenters. The van der Waals surface area contributed by atoms with Crippen LogP contribution >= 0.6 is 0 Å². The van der Waals surface area contributed by atoms with Crippen LogP contribution in [-0.2, 0) is 0 Å². The molecular formula is C11H10N2O2. The minimum Gasteiger partial charge on any atom is -0.288 e. The number of nitrogens with one attached hydrogen (secondary N) is 1. The third kappa shape index (κ3) is 1.55. The second-order valence-electron chi connectivity index (χ2n) is 3.25. The van der Waals surface area contributed by atoms with Crippen LogP contribution in [0.2, 0.25) is 0 Å². The van der Waals surface area contributed by atoms with E-state index in [-0.39, 0.29) is 0 Å². The van der Waals surface area contributed by atoms with Crippen LogP contribution in [0, 0.1) is 6.92 Å². The fourth-order valence-electron chi connectivity index (χ4n) is 1.57. The van der Waals surface area contributed by atoms with Gasteiger partial charge < -0.3 is 0 Å². The standard InChI is InChI=1S/C11H10N2O2/c1-7-8-4-2-3-5-10(8)12-6-9(7)11(14)13-15/h2-6,15H,1H3,(H,13,14). The zero-order valence-electron chi connectivity index (χ0n) is 8.19. The van der Waals surface area contributed by atoms with Gasteiger partial charge in [-0.2, -0.15) is 0 Å². The lowest BCUT2D eigenvalue weighted by atomic mass is 10.1. The summed E-state index contributed by atoms with van der Waals surface area (Å²) in [6.07, 6.45) is 1.46. The lowest BCUT2D eigenvalue weighted by molar-refractivity contribution is 0.0705. The van der Waals surface area contributed by atoms with Crippen molar-refractivity contribution in [1.29, 1.82) is 0 Å². The van der Waals surface area contributed by atoms with Gasteiger partial charge in [0.1, 0.15) is 0 Å². The van der Waals surface area contributed by atoms with Gasteiger partial charge >= 0.3 is 0 Å². The first kappa shape index (κ1) is 9.61. The summed E-state index contributed by atoms with van der Waals surface area (Å²) in [5.41, 5.74) is 3.64. The Bertz CT molecular complexity index is 523. The summed E-state index contributed by atoms with van der Waals surface area (Å²) in [6, 6.07) is 7.55. The molecular weight excluding hydrogens is 192 g/mol. The molecule has 0 atom stereocenters. The lowest BCUT2D eigenvalue weighted by Gasteiger charge is -2.06. The molecule has 1 aromatic heterocycles. The number of para-hydroxylation sites is 1. The molecule has 2 N–H and O–H groups in total. The Balaban J connectivity index is 2.70. The molecule has 0 aliphatic carbocycles. The molecule has 0 fully saturated rings. The second kappa shape index (κ2) is 3.67. The Kier molecular flexibility index (Phi) is 2.35. The molecule has 0 saturated heterocycles. The zero-order chi connectivity index (χ0) is 10.8. The van der Waals surface area contributed by atoms with Crippen LogP contribution in [0.3, 0.4) is 0 Å². The monoisotopic (exact) mass is 202 g/mol. The number of hydrogen-bond donors (Lipinski definition) is 2. The van der Waals surface area contributed by atoms with Crippen molar-refractivity contribution in [3.63, 3.8) is 0 Å². The van der Waals surface area contributed by atoms with E-state index in [2.05, 4.69) is 4.98 Å². The van der Waals surface area contributed by atoms with Gasteiger partial charge in [-0.1, -0.05) is 18.2 Å². The Labute approximate surface area is 86.5 Å². The fourth-order valence-corrected chi connectivity index (χ4v) is 1.57. The number of fused-ring (bicyclic) bond motifs is 1. The summed E-state index contributed by atoms with van der Waals surface area (Å²) in [4.78, 5) is 15.4. The number of hydroxylamine groups is 1. The number of pyridine rings is 1. The van der Waals surface area contributed by atoms with Gasteiger partial charge in [0, 0.05) is 11.6 Å². The summed E-state index contributed by atoms with van der Waals surface area (Å²) in [7, 11) is 0. The number of amides is 1. The van der Waals surface area contributed by atoms with Crippen LogP contribution in [0.15, 0.2) is 30.5 Å². The largest absolute Gasteiger partial charge is 0.288 e. The van der Waals surface area contributed by atoms with Gasteiger partial charge in [-0.3, -0.25) is 15.0 Å². The Morgan fingerprint density at radius 1 is 1.40 bits per heavy atom. The van der Waals surface area contributed by atoms with Gasteiger partial charge in [0.15, 0.2) is 0 Å². The van der Waals surface area contributed by atoms with E-state index in [0.717, 1.165) is 16.5 Å². The Morgan fingerprint density at radius 2 is 2.13 bits per heavy atom. The van der Waals surface area contributed by atoms with Gasteiger partial charge in [-0.25, -0.2) is 5.48 Å². The lowest BCUT2D eigenvalue weighted by Crippen LogP contribution is -2.20. The van der Waals surface area contributed by atoms with E-state index in [1.165, 1.54) is 6.20 Å². The van der Waals surface area contributed by atoms with E-state index >= 15 is 0 Å². The van der Waals surface area contributed by atoms with Crippen molar-refractivity contribution in [2.75, 3.05) is 0 Å². The first-order chi connectivity index (χ1) is 7.24. The molecule has 0 radical (unpaired) electrons. The molecule has 76 valence electrons. The number of nitrogens with zero attached hydrogens (tertiary/aromatic N) is 1. The van der Waals surface area contributed by atoms with E-state index in [0.29, 0.717) is 5.56 Å². The smallest absolute Gasteiger partial charge is 0.276 e. The third-order valence-corrected chi connectivity index (χ3v) is 2.39. The van der Waals surface area contributed by atoms with E-state index in [4.69, 9.17) is 5.21 Å². The topological polar surface area (TPSA) is 62.2 Å². The number of aromatic nitrogens is 1. The quantitative estimate of drug-likeness (QED) is 0.546. The highest BCUT2D eigenvalue weighted by molar-refractivity contribution is 5.99. The maximum absolute atomic E-state index is 11.3. The SMILES string of the molecule is Cc1c(C(=O)NO)cnc2ccccc12. The Hall–Kier alpha value is -1.94. The maximum atomic E-state index is 11.3. The molecule has 0 aliphatic heterocycles. The van der Waals surface area contributed by atoms with E-state index in [1.807, 2.05) is 31.2 Å². The molecule has 2 aromatic rings. The van der Waals surface area contributed by atoms with E-state index in [9.17, 15) is 4.79 Å².